The number of carbonyl (C=O) groups excluding carboxylic acids is 1. The molecule has 0 unspecified atom stereocenters. The Bertz CT molecular complexity index is 695. The zero-order chi connectivity index (χ0) is 18.4. The monoisotopic (exact) mass is 360 g/mol. The molecule has 1 amide bonds. The van der Waals surface area contributed by atoms with Gasteiger partial charge in [0.25, 0.3) is 0 Å². The third kappa shape index (κ3) is 5.30. The molecule has 25 heavy (non-hydrogen) atoms. The van der Waals surface area contributed by atoms with E-state index in [9.17, 15) is 4.79 Å². The molecule has 1 aromatic carbocycles. The molecule has 0 aliphatic rings. The number of carbonyl (C=O) groups is 1. The van der Waals surface area contributed by atoms with E-state index in [-0.39, 0.29) is 11.9 Å². The maximum atomic E-state index is 12.1. The van der Waals surface area contributed by atoms with E-state index in [0.717, 1.165) is 16.5 Å². The van der Waals surface area contributed by atoms with Crippen LogP contribution in [0.15, 0.2) is 29.6 Å². The van der Waals surface area contributed by atoms with E-state index in [1.165, 1.54) is 5.56 Å². The van der Waals surface area contributed by atoms with Crippen molar-refractivity contribution in [3.05, 3.63) is 45.9 Å². The van der Waals surface area contributed by atoms with Crippen LogP contribution in [-0.4, -0.2) is 21.8 Å². The van der Waals surface area contributed by atoms with E-state index < -0.39 is 0 Å². The van der Waals surface area contributed by atoms with Crippen LogP contribution in [0, 0.1) is 0 Å². The van der Waals surface area contributed by atoms with Gasteiger partial charge in [-0.2, -0.15) is 0 Å². The van der Waals surface area contributed by atoms with Gasteiger partial charge < -0.3 is 9.64 Å². The summed E-state index contributed by atoms with van der Waals surface area (Å²) in [5.41, 5.74) is 2.13. The zero-order valence-corrected chi connectivity index (χ0v) is 16.6. The number of thiazole rings is 1. The first-order chi connectivity index (χ1) is 11.9. The first-order valence-corrected chi connectivity index (χ1v) is 9.74. The number of nitrogens with zero attached hydrogens (tertiary/aromatic N) is 2. The predicted octanol–water partition coefficient (Wildman–Crippen LogP) is 4.99. The maximum Gasteiger partial charge on any atom is 0.222 e. The number of para-hydroxylation sites is 1. The number of ether oxygens (including phenoxy) is 1. The molecule has 2 rings (SSSR count). The summed E-state index contributed by atoms with van der Waals surface area (Å²) in [6, 6.07) is 8.31. The van der Waals surface area contributed by atoms with Gasteiger partial charge in [-0.25, -0.2) is 4.98 Å². The van der Waals surface area contributed by atoms with E-state index in [2.05, 4.69) is 24.9 Å². The summed E-state index contributed by atoms with van der Waals surface area (Å²) >= 11 is 1.58. The fourth-order valence-electron chi connectivity index (χ4n) is 2.65. The molecule has 136 valence electrons. The topological polar surface area (TPSA) is 42.4 Å². The van der Waals surface area contributed by atoms with Gasteiger partial charge in [0.05, 0.1) is 12.2 Å². The lowest BCUT2D eigenvalue weighted by Crippen LogP contribution is -2.35. The Hall–Kier alpha value is -1.88. The van der Waals surface area contributed by atoms with Gasteiger partial charge in [0.2, 0.25) is 5.91 Å². The second kappa shape index (κ2) is 8.99. The highest BCUT2D eigenvalue weighted by Crippen LogP contribution is 2.27. The second-order valence-electron chi connectivity index (χ2n) is 6.68. The van der Waals surface area contributed by atoms with Gasteiger partial charge in [-0.1, -0.05) is 39.0 Å². The molecule has 0 spiro atoms. The van der Waals surface area contributed by atoms with Gasteiger partial charge >= 0.3 is 0 Å². The van der Waals surface area contributed by atoms with Crippen LogP contribution in [0.25, 0.3) is 0 Å². The van der Waals surface area contributed by atoms with E-state index >= 15 is 0 Å². The smallest absolute Gasteiger partial charge is 0.222 e. The first kappa shape index (κ1) is 19.4. The summed E-state index contributed by atoms with van der Waals surface area (Å²) in [4.78, 5) is 18.6. The van der Waals surface area contributed by atoms with E-state index in [4.69, 9.17) is 4.74 Å². The van der Waals surface area contributed by atoms with E-state index in [1.807, 2.05) is 49.3 Å². The van der Waals surface area contributed by atoms with Crippen LogP contribution in [0.4, 0.5) is 0 Å². The summed E-state index contributed by atoms with van der Waals surface area (Å²) < 4.78 is 5.99. The molecule has 0 fully saturated rings. The predicted molar refractivity (Wildman–Crippen MR) is 103 cm³/mol. The molecule has 0 aliphatic carbocycles. The normalized spacial score (nSPS) is 11.2. The Morgan fingerprint density at radius 3 is 2.60 bits per heavy atom. The summed E-state index contributed by atoms with van der Waals surface area (Å²) in [6.45, 7) is 11.3. The van der Waals surface area contributed by atoms with Crippen LogP contribution in [0.1, 0.15) is 63.2 Å². The Balaban J connectivity index is 2.01. The van der Waals surface area contributed by atoms with Gasteiger partial charge in [0.1, 0.15) is 17.4 Å². The number of amides is 1. The average Bonchev–Trinajstić information content (AvgIpc) is 3.04. The molecule has 4 nitrogen and oxygen atoms in total. The number of aromatic nitrogens is 1. The largest absolute Gasteiger partial charge is 0.486 e. The summed E-state index contributed by atoms with van der Waals surface area (Å²) in [6.07, 6.45) is 0.518. The molecule has 0 bridgehead atoms. The lowest BCUT2D eigenvalue weighted by atomic mass is 10.0. The standard InChI is InChI=1S/C20H28N2O2S/c1-6-20(23)22(15(4)5)11-16-13-25-19(21-16)12-24-18-10-8-7-9-17(18)14(2)3/h7-10,13-15H,6,11-12H2,1-5H3. The Morgan fingerprint density at radius 2 is 1.96 bits per heavy atom. The number of hydrogen-bond acceptors (Lipinski definition) is 4. The highest BCUT2D eigenvalue weighted by Gasteiger charge is 2.17. The van der Waals surface area contributed by atoms with Crippen molar-refractivity contribution in [2.75, 3.05) is 0 Å². The van der Waals surface area contributed by atoms with Crippen molar-refractivity contribution in [3.63, 3.8) is 0 Å². The Labute approximate surface area is 154 Å². The first-order valence-electron chi connectivity index (χ1n) is 8.86. The third-order valence-electron chi connectivity index (χ3n) is 4.07. The van der Waals surface area contributed by atoms with Gasteiger partial charge in [0, 0.05) is 17.8 Å². The molecule has 0 atom stereocenters. The number of hydrogen-bond donors (Lipinski definition) is 0. The third-order valence-corrected chi connectivity index (χ3v) is 4.94. The molecular weight excluding hydrogens is 332 g/mol. The van der Waals surface area contributed by atoms with Crippen molar-refractivity contribution in [1.29, 1.82) is 0 Å². The molecule has 0 saturated carbocycles. The molecule has 0 N–H and O–H groups in total. The SMILES string of the molecule is CCC(=O)N(Cc1csc(COc2ccccc2C(C)C)n1)C(C)C. The van der Waals surface area contributed by atoms with Crippen LogP contribution in [0.3, 0.4) is 0 Å². The molecule has 0 aliphatic heterocycles. The van der Waals surface area contributed by atoms with Gasteiger partial charge in [-0.05, 0) is 31.4 Å². The van der Waals surface area contributed by atoms with Crippen LogP contribution in [0.2, 0.25) is 0 Å². The number of benzene rings is 1. The van der Waals surface area contributed by atoms with Crippen molar-refractivity contribution in [2.45, 2.75) is 66.2 Å². The molecule has 2 aromatic rings. The Kier molecular flexibility index (Phi) is 7.00. The molecule has 1 heterocycles. The highest BCUT2D eigenvalue weighted by molar-refractivity contribution is 7.09. The fourth-order valence-corrected chi connectivity index (χ4v) is 3.35. The van der Waals surface area contributed by atoms with Crippen LogP contribution < -0.4 is 4.74 Å². The molecule has 0 radical (unpaired) electrons. The molecule has 5 heteroatoms. The minimum atomic E-state index is 0.159. The second-order valence-corrected chi connectivity index (χ2v) is 7.63. The summed E-state index contributed by atoms with van der Waals surface area (Å²) in [7, 11) is 0. The quantitative estimate of drug-likeness (QED) is 0.666. The van der Waals surface area contributed by atoms with Crippen LogP contribution >= 0.6 is 11.3 Å². The maximum absolute atomic E-state index is 12.1. The van der Waals surface area contributed by atoms with Crippen molar-refractivity contribution in [3.8, 4) is 5.75 Å². The fraction of sp³-hybridized carbons (Fsp3) is 0.500. The van der Waals surface area contributed by atoms with Crippen LogP contribution in [0.5, 0.6) is 5.75 Å². The van der Waals surface area contributed by atoms with Crippen LogP contribution in [-0.2, 0) is 17.9 Å². The molecule has 1 aromatic heterocycles. The average molecular weight is 361 g/mol. The summed E-state index contributed by atoms with van der Waals surface area (Å²) in [5.74, 6) is 1.49. The Morgan fingerprint density at radius 1 is 1.24 bits per heavy atom. The van der Waals surface area contributed by atoms with Gasteiger partial charge in [-0.15, -0.1) is 11.3 Å². The van der Waals surface area contributed by atoms with Gasteiger partial charge in [0.15, 0.2) is 0 Å². The van der Waals surface area contributed by atoms with Crippen molar-refractivity contribution in [2.24, 2.45) is 0 Å². The van der Waals surface area contributed by atoms with E-state index in [0.29, 0.717) is 25.5 Å². The van der Waals surface area contributed by atoms with Crippen molar-refractivity contribution < 1.29 is 9.53 Å². The van der Waals surface area contributed by atoms with E-state index in [1.54, 1.807) is 11.3 Å². The van der Waals surface area contributed by atoms with Gasteiger partial charge in [-0.3, -0.25) is 4.79 Å². The lowest BCUT2D eigenvalue weighted by Gasteiger charge is -2.25. The lowest BCUT2D eigenvalue weighted by molar-refractivity contribution is -0.133. The number of rotatable bonds is 8. The summed E-state index contributed by atoms with van der Waals surface area (Å²) in [5, 5.41) is 2.95. The minimum absolute atomic E-state index is 0.159. The highest BCUT2D eigenvalue weighted by atomic mass is 32.1. The minimum Gasteiger partial charge on any atom is -0.486 e. The van der Waals surface area contributed by atoms with Crippen molar-refractivity contribution >= 4 is 17.2 Å². The molecule has 0 saturated heterocycles. The molecular formula is C20H28N2O2S. The van der Waals surface area contributed by atoms with Crippen molar-refractivity contribution in [1.82, 2.24) is 9.88 Å². The zero-order valence-electron chi connectivity index (χ0n) is 15.8.